The predicted octanol–water partition coefficient (Wildman–Crippen LogP) is 4.41. The van der Waals surface area contributed by atoms with Gasteiger partial charge in [0, 0.05) is 6.54 Å². The monoisotopic (exact) mass is 607 g/mol. The van der Waals surface area contributed by atoms with E-state index in [1.54, 1.807) is 0 Å². The van der Waals surface area contributed by atoms with E-state index < -0.39 is 10.0 Å². The van der Waals surface area contributed by atoms with Crippen LogP contribution in [0.2, 0.25) is 0 Å². The van der Waals surface area contributed by atoms with E-state index in [-0.39, 0.29) is 55.4 Å². The highest BCUT2D eigenvalue weighted by molar-refractivity contribution is 7.89. The molecule has 6 N–H and O–H groups in total. The SMILES string of the molecule is CCCCCCCCCCS(=O)(=O)NCCCNCCCNCCCCNCCCN.Cl.Cl.Cl.Cl. The Balaban J connectivity index is -0.000000750. The molecule has 0 unspecified atom stereocenters. The minimum Gasteiger partial charge on any atom is -0.330 e. The van der Waals surface area contributed by atoms with E-state index >= 15 is 0 Å². The van der Waals surface area contributed by atoms with Crippen LogP contribution in [0.1, 0.15) is 90.4 Å². The van der Waals surface area contributed by atoms with Crippen molar-refractivity contribution in [2.24, 2.45) is 5.73 Å². The van der Waals surface area contributed by atoms with Crippen molar-refractivity contribution in [2.75, 3.05) is 58.1 Å². The van der Waals surface area contributed by atoms with E-state index in [1.807, 2.05) is 0 Å². The minimum atomic E-state index is -3.10. The van der Waals surface area contributed by atoms with Gasteiger partial charge in [0.05, 0.1) is 5.75 Å². The number of halogens is 4. The van der Waals surface area contributed by atoms with Gasteiger partial charge in [0.1, 0.15) is 0 Å². The molecule has 0 fully saturated rings. The Morgan fingerprint density at radius 1 is 0.514 bits per heavy atom. The van der Waals surface area contributed by atoms with Crippen LogP contribution in [0.5, 0.6) is 0 Å². The maximum absolute atomic E-state index is 12.0. The third-order valence-corrected chi connectivity index (χ3v) is 6.81. The fourth-order valence-corrected chi connectivity index (χ4v) is 4.56. The zero-order chi connectivity index (χ0) is 22.9. The first-order valence-electron chi connectivity index (χ1n) is 12.9. The average molecular weight is 610 g/mol. The van der Waals surface area contributed by atoms with Gasteiger partial charge in [0.25, 0.3) is 0 Å². The quantitative estimate of drug-likeness (QED) is 0.0931. The van der Waals surface area contributed by atoms with Crippen LogP contribution in [0.3, 0.4) is 0 Å². The molecule has 0 heterocycles. The molecule has 0 aliphatic carbocycles. The Morgan fingerprint density at radius 3 is 1.40 bits per heavy atom. The number of nitrogens with two attached hydrogens (primary N) is 1. The summed E-state index contributed by atoms with van der Waals surface area (Å²) in [5, 5.41) is 10.3. The molecule has 220 valence electrons. The van der Waals surface area contributed by atoms with Gasteiger partial charge in [-0.1, -0.05) is 51.9 Å². The molecule has 12 heteroatoms. The summed E-state index contributed by atoms with van der Waals surface area (Å²) in [5.74, 6) is 0.269. The van der Waals surface area contributed by atoms with Gasteiger partial charge in [-0.3, -0.25) is 0 Å². The normalized spacial score (nSPS) is 10.6. The van der Waals surface area contributed by atoms with E-state index in [0.29, 0.717) is 6.54 Å². The van der Waals surface area contributed by atoms with Crippen LogP contribution in [0, 0.1) is 0 Å². The number of hydrogen-bond donors (Lipinski definition) is 5. The van der Waals surface area contributed by atoms with Crippen molar-refractivity contribution in [3.05, 3.63) is 0 Å². The molecule has 0 saturated heterocycles. The summed E-state index contributed by atoms with van der Waals surface area (Å²) in [6.45, 7) is 9.54. The molecule has 0 spiro atoms. The summed E-state index contributed by atoms with van der Waals surface area (Å²) in [5.41, 5.74) is 5.46. The van der Waals surface area contributed by atoms with Crippen molar-refractivity contribution >= 4 is 59.7 Å². The third kappa shape index (κ3) is 39.6. The topological polar surface area (TPSA) is 108 Å². The van der Waals surface area contributed by atoms with Crippen molar-refractivity contribution in [1.29, 1.82) is 0 Å². The van der Waals surface area contributed by atoms with Crippen molar-refractivity contribution in [3.63, 3.8) is 0 Å². The molecule has 0 rings (SSSR count). The first-order chi connectivity index (χ1) is 15.1. The minimum absolute atomic E-state index is 0. The van der Waals surface area contributed by atoms with E-state index in [9.17, 15) is 8.42 Å². The van der Waals surface area contributed by atoms with Gasteiger partial charge >= 0.3 is 0 Å². The lowest BCUT2D eigenvalue weighted by Gasteiger charge is -2.08. The van der Waals surface area contributed by atoms with Crippen molar-refractivity contribution in [2.45, 2.75) is 90.4 Å². The van der Waals surface area contributed by atoms with E-state index in [4.69, 9.17) is 5.73 Å². The Kier molecular flexibility index (Phi) is 48.5. The van der Waals surface area contributed by atoms with Gasteiger partial charge in [-0.25, -0.2) is 13.1 Å². The van der Waals surface area contributed by atoms with Crippen LogP contribution >= 0.6 is 49.6 Å². The molecule has 0 aromatic rings. The standard InChI is InChI=1S/C23H53N5O2S.4ClH/c1-2-3-4-5-6-7-8-11-23-31(29,30)28-22-14-21-27-20-13-19-26-17-10-9-16-25-18-12-15-24;;;;/h25-28H,2-24H2,1H3;4*1H. The van der Waals surface area contributed by atoms with Crippen LogP contribution in [-0.2, 0) is 10.0 Å². The zero-order valence-electron chi connectivity index (χ0n) is 22.0. The molecule has 7 nitrogen and oxygen atoms in total. The second-order valence-electron chi connectivity index (χ2n) is 8.49. The third-order valence-electron chi connectivity index (χ3n) is 5.34. The molecular formula is C23H57Cl4N5O2S. The molecule has 0 aromatic carbocycles. The van der Waals surface area contributed by atoms with E-state index in [2.05, 4.69) is 27.6 Å². The van der Waals surface area contributed by atoms with Crippen LogP contribution < -0.4 is 26.4 Å². The molecule has 0 amide bonds. The lowest BCUT2D eigenvalue weighted by atomic mass is 10.1. The van der Waals surface area contributed by atoms with Crippen molar-refractivity contribution in [1.82, 2.24) is 20.7 Å². The van der Waals surface area contributed by atoms with Gasteiger partial charge in [0.2, 0.25) is 10.0 Å². The molecule has 0 atom stereocenters. The van der Waals surface area contributed by atoms with Crippen LogP contribution in [-0.4, -0.2) is 66.5 Å². The molecule has 0 aliphatic rings. The first kappa shape index (κ1) is 45.8. The van der Waals surface area contributed by atoms with Gasteiger partial charge in [0.15, 0.2) is 0 Å². The Morgan fingerprint density at radius 2 is 0.914 bits per heavy atom. The highest BCUT2D eigenvalue weighted by Crippen LogP contribution is 2.08. The van der Waals surface area contributed by atoms with Crippen molar-refractivity contribution in [3.8, 4) is 0 Å². The van der Waals surface area contributed by atoms with Crippen molar-refractivity contribution < 1.29 is 8.42 Å². The Bertz CT molecular complexity index is 467. The number of nitrogens with one attached hydrogen (secondary N) is 4. The zero-order valence-corrected chi connectivity index (χ0v) is 26.1. The van der Waals surface area contributed by atoms with Gasteiger partial charge in [-0.15, -0.1) is 49.6 Å². The summed E-state index contributed by atoms with van der Waals surface area (Å²) in [7, 11) is -3.10. The lowest BCUT2D eigenvalue weighted by molar-refractivity contribution is 0.547. The van der Waals surface area contributed by atoms with Crippen LogP contribution in [0.25, 0.3) is 0 Å². The Labute approximate surface area is 242 Å². The molecule has 0 aromatic heterocycles. The average Bonchev–Trinajstić information content (AvgIpc) is 2.75. The number of unbranched alkanes of at least 4 members (excludes halogenated alkanes) is 8. The molecule has 0 radical (unpaired) electrons. The number of rotatable bonds is 26. The summed E-state index contributed by atoms with van der Waals surface area (Å²) < 4.78 is 26.7. The summed E-state index contributed by atoms with van der Waals surface area (Å²) in [6, 6.07) is 0. The second kappa shape index (κ2) is 37.1. The molecule has 0 bridgehead atoms. The fraction of sp³-hybridized carbons (Fsp3) is 1.00. The molecule has 0 saturated carbocycles. The first-order valence-corrected chi connectivity index (χ1v) is 14.6. The highest BCUT2D eigenvalue weighted by atomic mass is 35.5. The maximum atomic E-state index is 12.0. The molecule has 35 heavy (non-hydrogen) atoms. The summed E-state index contributed by atoms with van der Waals surface area (Å²) in [6.07, 6.45) is 14.8. The predicted molar refractivity (Wildman–Crippen MR) is 164 cm³/mol. The Hall–Kier alpha value is 0.910. The van der Waals surface area contributed by atoms with E-state index in [1.165, 1.54) is 44.9 Å². The van der Waals surface area contributed by atoms with Gasteiger partial charge in [-0.05, 0) is 84.3 Å². The molecular weight excluding hydrogens is 552 g/mol. The molecule has 0 aliphatic heterocycles. The summed E-state index contributed by atoms with van der Waals surface area (Å²) in [4.78, 5) is 0. The number of hydrogen-bond acceptors (Lipinski definition) is 6. The van der Waals surface area contributed by atoms with Gasteiger partial charge in [-0.2, -0.15) is 0 Å². The lowest BCUT2D eigenvalue weighted by Crippen LogP contribution is -2.30. The fourth-order valence-electron chi connectivity index (χ4n) is 3.38. The second-order valence-corrected chi connectivity index (χ2v) is 10.4. The smallest absolute Gasteiger partial charge is 0.211 e. The van der Waals surface area contributed by atoms with Crippen LogP contribution in [0.4, 0.5) is 0 Å². The summed E-state index contributed by atoms with van der Waals surface area (Å²) >= 11 is 0. The number of sulfonamides is 1. The highest BCUT2D eigenvalue weighted by Gasteiger charge is 2.08. The largest absolute Gasteiger partial charge is 0.330 e. The van der Waals surface area contributed by atoms with E-state index in [0.717, 1.165) is 84.3 Å². The maximum Gasteiger partial charge on any atom is 0.211 e. The van der Waals surface area contributed by atoms with Gasteiger partial charge < -0.3 is 21.7 Å². The van der Waals surface area contributed by atoms with Crippen LogP contribution in [0.15, 0.2) is 0 Å².